The van der Waals surface area contributed by atoms with Crippen LogP contribution in [0.25, 0.3) is 0 Å². The third-order valence-electron chi connectivity index (χ3n) is 2.77. The third kappa shape index (κ3) is 6.10. The Morgan fingerprint density at radius 2 is 2.04 bits per heavy atom. The highest BCUT2D eigenvalue weighted by Gasteiger charge is 2.17. The molecule has 2 rings (SSSR count). The highest BCUT2D eigenvalue weighted by molar-refractivity contribution is 8.02. The third-order valence-corrected chi connectivity index (χ3v) is 5.27. The average molecular weight is 407 g/mol. The number of anilines is 2. The van der Waals surface area contributed by atoms with E-state index in [4.69, 9.17) is 27.9 Å². The molecule has 0 aliphatic carbocycles. The molecule has 0 radical (unpaired) electrons. The number of ether oxygens (including phenoxy) is 1. The van der Waals surface area contributed by atoms with Crippen molar-refractivity contribution in [1.82, 2.24) is 10.2 Å². The Labute approximate surface area is 158 Å². The van der Waals surface area contributed by atoms with E-state index in [0.717, 1.165) is 0 Å². The molecule has 0 unspecified atom stereocenters. The summed E-state index contributed by atoms with van der Waals surface area (Å²) in [4.78, 5) is 12.3. The van der Waals surface area contributed by atoms with Gasteiger partial charge in [-0.15, -0.1) is 10.2 Å². The van der Waals surface area contributed by atoms with Crippen molar-refractivity contribution in [3.63, 3.8) is 0 Å². The van der Waals surface area contributed by atoms with E-state index in [-0.39, 0.29) is 11.2 Å². The van der Waals surface area contributed by atoms with E-state index < -0.39 is 0 Å². The lowest BCUT2D eigenvalue weighted by Crippen LogP contribution is -2.22. The lowest BCUT2D eigenvalue weighted by Gasteiger charge is -2.10. The predicted octanol–water partition coefficient (Wildman–Crippen LogP) is 4.02. The van der Waals surface area contributed by atoms with Gasteiger partial charge in [0.15, 0.2) is 4.34 Å². The van der Waals surface area contributed by atoms with Gasteiger partial charge in [0.2, 0.25) is 11.0 Å². The SMILES string of the molecule is COCCNc1nnc(S[C@H](C)C(=O)Nc2cc(Cl)cc(Cl)c2)s1. The second-order valence-corrected chi connectivity index (χ2v) is 8.14. The Hall–Kier alpha value is -1.06. The number of aromatic nitrogens is 2. The quantitative estimate of drug-likeness (QED) is 0.509. The largest absolute Gasteiger partial charge is 0.383 e. The van der Waals surface area contributed by atoms with Crippen molar-refractivity contribution in [3.8, 4) is 0 Å². The van der Waals surface area contributed by atoms with Crippen molar-refractivity contribution in [3.05, 3.63) is 28.2 Å². The summed E-state index contributed by atoms with van der Waals surface area (Å²) in [7, 11) is 1.64. The zero-order valence-electron chi connectivity index (χ0n) is 13.0. The van der Waals surface area contributed by atoms with E-state index >= 15 is 0 Å². The molecule has 1 atom stereocenters. The van der Waals surface area contributed by atoms with Crippen LogP contribution in [-0.4, -0.2) is 41.6 Å². The predicted molar refractivity (Wildman–Crippen MR) is 101 cm³/mol. The molecule has 0 bridgehead atoms. The number of carbonyl (C=O) groups is 1. The van der Waals surface area contributed by atoms with E-state index in [1.54, 1.807) is 32.2 Å². The second-order valence-electron chi connectivity index (χ2n) is 4.70. The summed E-state index contributed by atoms with van der Waals surface area (Å²) in [6.07, 6.45) is 0. The van der Waals surface area contributed by atoms with Gasteiger partial charge in [-0.3, -0.25) is 4.79 Å². The number of hydrogen-bond acceptors (Lipinski definition) is 7. The second kappa shape index (κ2) is 9.43. The monoisotopic (exact) mass is 406 g/mol. The van der Waals surface area contributed by atoms with Crippen LogP contribution in [0.15, 0.2) is 22.5 Å². The fourth-order valence-corrected chi connectivity index (χ4v) is 4.11. The van der Waals surface area contributed by atoms with Crippen LogP contribution in [0, 0.1) is 0 Å². The Balaban J connectivity index is 1.89. The molecule has 130 valence electrons. The van der Waals surface area contributed by atoms with Crippen LogP contribution in [0.3, 0.4) is 0 Å². The van der Waals surface area contributed by atoms with Crippen LogP contribution in [0.2, 0.25) is 10.0 Å². The highest BCUT2D eigenvalue weighted by atomic mass is 35.5. The summed E-state index contributed by atoms with van der Waals surface area (Å²) in [6, 6.07) is 4.90. The molecule has 1 heterocycles. The zero-order valence-corrected chi connectivity index (χ0v) is 16.2. The maximum atomic E-state index is 12.3. The molecule has 24 heavy (non-hydrogen) atoms. The minimum Gasteiger partial charge on any atom is -0.383 e. The Kier molecular flexibility index (Phi) is 7.57. The fraction of sp³-hybridized carbons (Fsp3) is 0.357. The van der Waals surface area contributed by atoms with Crippen LogP contribution in [0.4, 0.5) is 10.8 Å². The number of thioether (sulfide) groups is 1. The smallest absolute Gasteiger partial charge is 0.237 e. The van der Waals surface area contributed by atoms with Crippen LogP contribution in [-0.2, 0) is 9.53 Å². The molecule has 1 aromatic heterocycles. The first-order valence-corrected chi connectivity index (χ1v) is 9.43. The van der Waals surface area contributed by atoms with E-state index in [2.05, 4.69) is 20.8 Å². The molecule has 0 saturated carbocycles. The van der Waals surface area contributed by atoms with E-state index in [9.17, 15) is 4.79 Å². The molecule has 0 aliphatic rings. The molecule has 6 nitrogen and oxygen atoms in total. The molecule has 2 aromatic rings. The zero-order chi connectivity index (χ0) is 17.5. The van der Waals surface area contributed by atoms with Gasteiger partial charge < -0.3 is 15.4 Å². The van der Waals surface area contributed by atoms with Crippen LogP contribution in [0.5, 0.6) is 0 Å². The lowest BCUT2D eigenvalue weighted by molar-refractivity contribution is -0.115. The maximum Gasteiger partial charge on any atom is 0.237 e. The minimum absolute atomic E-state index is 0.164. The fourth-order valence-electron chi connectivity index (χ4n) is 1.66. The lowest BCUT2D eigenvalue weighted by atomic mass is 10.3. The van der Waals surface area contributed by atoms with E-state index in [0.29, 0.717) is 38.4 Å². The summed E-state index contributed by atoms with van der Waals surface area (Å²) in [5.74, 6) is -0.164. The standard InChI is InChI=1S/C14H16Cl2N4O2S2/c1-8(12(21)18-11-6-9(15)5-10(16)7-11)23-14-20-19-13(24-14)17-3-4-22-2/h5-8H,3-4H2,1-2H3,(H,17,19)(H,18,21)/t8-/m1/s1. The highest BCUT2D eigenvalue weighted by Crippen LogP contribution is 2.30. The molecule has 2 N–H and O–H groups in total. The number of amides is 1. The van der Waals surface area contributed by atoms with Crippen molar-refractivity contribution in [2.45, 2.75) is 16.5 Å². The van der Waals surface area contributed by atoms with Crippen molar-refractivity contribution < 1.29 is 9.53 Å². The minimum atomic E-state index is -0.345. The first-order chi connectivity index (χ1) is 11.5. The number of rotatable bonds is 8. The number of nitrogens with one attached hydrogen (secondary N) is 2. The van der Waals surface area contributed by atoms with Crippen LogP contribution >= 0.6 is 46.3 Å². The summed E-state index contributed by atoms with van der Waals surface area (Å²) in [5.41, 5.74) is 0.559. The van der Waals surface area contributed by atoms with Crippen LogP contribution < -0.4 is 10.6 Å². The van der Waals surface area contributed by atoms with Crippen molar-refractivity contribution in [1.29, 1.82) is 0 Å². The van der Waals surface area contributed by atoms with Gasteiger partial charge in [0.25, 0.3) is 0 Å². The van der Waals surface area contributed by atoms with Gasteiger partial charge in [0.1, 0.15) is 0 Å². The van der Waals surface area contributed by atoms with Gasteiger partial charge >= 0.3 is 0 Å². The van der Waals surface area contributed by atoms with Gasteiger partial charge in [0.05, 0.1) is 11.9 Å². The van der Waals surface area contributed by atoms with E-state index in [1.165, 1.54) is 23.1 Å². The van der Waals surface area contributed by atoms with Gasteiger partial charge in [-0.25, -0.2) is 0 Å². The summed E-state index contributed by atoms with van der Waals surface area (Å²) in [6.45, 7) is 3.04. The van der Waals surface area contributed by atoms with Gasteiger partial charge in [-0.1, -0.05) is 46.3 Å². The number of hydrogen-bond donors (Lipinski definition) is 2. The summed E-state index contributed by atoms with van der Waals surface area (Å²) >= 11 is 14.6. The van der Waals surface area contributed by atoms with Crippen molar-refractivity contribution in [2.75, 3.05) is 30.9 Å². The molecule has 0 fully saturated rings. The number of methoxy groups -OCH3 is 1. The first kappa shape index (κ1) is 19.3. The number of benzene rings is 1. The molecule has 10 heteroatoms. The first-order valence-electron chi connectivity index (χ1n) is 6.98. The normalized spacial score (nSPS) is 12.0. The Morgan fingerprint density at radius 3 is 2.71 bits per heavy atom. The van der Waals surface area contributed by atoms with Crippen LogP contribution in [0.1, 0.15) is 6.92 Å². The molecule has 0 aliphatic heterocycles. The number of halogens is 2. The molecule has 0 spiro atoms. The number of nitrogens with zero attached hydrogens (tertiary/aromatic N) is 2. The summed E-state index contributed by atoms with van der Waals surface area (Å²) in [5, 5.41) is 15.3. The Bertz CT molecular complexity index is 679. The summed E-state index contributed by atoms with van der Waals surface area (Å²) < 4.78 is 5.67. The number of carbonyl (C=O) groups excluding carboxylic acids is 1. The molecular weight excluding hydrogens is 391 g/mol. The molecular formula is C14H16Cl2N4O2S2. The topological polar surface area (TPSA) is 76.1 Å². The molecule has 0 saturated heterocycles. The van der Waals surface area contributed by atoms with Crippen molar-refractivity contribution >= 4 is 63.0 Å². The van der Waals surface area contributed by atoms with E-state index in [1.807, 2.05) is 0 Å². The van der Waals surface area contributed by atoms with Gasteiger partial charge in [-0.05, 0) is 25.1 Å². The molecule has 1 aromatic carbocycles. The van der Waals surface area contributed by atoms with Gasteiger partial charge in [-0.2, -0.15) is 0 Å². The molecule has 1 amide bonds. The Morgan fingerprint density at radius 1 is 1.33 bits per heavy atom. The van der Waals surface area contributed by atoms with Crippen molar-refractivity contribution in [2.24, 2.45) is 0 Å². The average Bonchev–Trinajstić information content (AvgIpc) is 2.93. The van der Waals surface area contributed by atoms with Gasteiger partial charge in [0, 0.05) is 29.4 Å². The maximum absolute atomic E-state index is 12.3.